The van der Waals surface area contributed by atoms with E-state index in [9.17, 15) is 13.2 Å². The Balaban J connectivity index is 1.68. The summed E-state index contributed by atoms with van der Waals surface area (Å²) in [6, 6.07) is 13.2. The van der Waals surface area contributed by atoms with E-state index >= 15 is 0 Å². The lowest BCUT2D eigenvalue weighted by Crippen LogP contribution is -2.48. The van der Waals surface area contributed by atoms with Gasteiger partial charge in [0, 0.05) is 30.2 Å². The lowest BCUT2D eigenvalue weighted by Gasteiger charge is -2.34. The molecule has 2 aromatic carbocycles. The molecule has 1 amide bonds. The number of halogens is 1. The summed E-state index contributed by atoms with van der Waals surface area (Å²) in [6.07, 6.45) is -0.318. The summed E-state index contributed by atoms with van der Waals surface area (Å²) in [5, 5.41) is 3.37. The molecule has 0 aromatic heterocycles. The lowest BCUT2D eigenvalue weighted by atomic mass is 10.2. The van der Waals surface area contributed by atoms with Gasteiger partial charge in [0.05, 0.1) is 17.1 Å². The molecule has 0 spiro atoms. The molecule has 1 N–H and O–H groups in total. The second-order valence-electron chi connectivity index (χ2n) is 6.88. The number of hydrogen-bond donors (Lipinski definition) is 1. The van der Waals surface area contributed by atoms with E-state index in [1.807, 2.05) is 32.0 Å². The summed E-state index contributed by atoms with van der Waals surface area (Å²) in [5.74, 6) is -0.294. The number of amides is 1. The maximum absolute atomic E-state index is 12.9. The zero-order valence-corrected chi connectivity index (χ0v) is 17.3. The Kier molecular flexibility index (Phi) is 6.40. The largest absolute Gasteiger partial charge is 0.373 e. The minimum Gasteiger partial charge on any atom is -0.373 e. The molecule has 1 aliphatic heterocycles. The fourth-order valence-electron chi connectivity index (χ4n) is 3.17. The summed E-state index contributed by atoms with van der Waals surface area (Å²) in [4.78, 5) is 12.5. The highest BCUT2D eigenvalue weighted by molar-refractivity contribution is 7.89. The second-order valence-corrected chi connectivity index (χ2v) is 9.22. The number of rotatable bonds is 5. The molecule has 1 saturated heterocycles. The predicted molar refractivity (Wildman–Crippen MR) is 108 cm³/mol. The standard InChI is InChI=1S/C20H23ClN2O4S/c1-14-12-23(13-15(2)27-14)28(25,26)18-9-7-16(8-10-18)20(24)22-11-17-5-3-4-6-19(17)21/h3-10,14-15H,11-13H2,1-2H3,(H,22,24)/t14-,15+. The average Bonchev–Trinajstić information content (AvgIpc) is 2.66. The first-order valence-electron chi connectivity index (χ1n) is 9.04. The molecule has 28 heavy (non-hydrogen) atoms. The first-order valence-corrected chi connectivity index (χ1v) is 10.9. The fourth-order valence-corrected chi connectivity index (χ4v) is 4.97. The third-order valence-corrected chi connectivity index (χ3v) is 6.75. The number of carbonyl (C=O) groups excluding carboxylic acids is 1. The number of hydrogen-bond acceptors (Lipinski definition) is 4. The summed E-state index contributed by atoms with van der Waals surface area (Å²) < 4.78 is 32.8. The van der Waals surface area contributed by atoms with Crippen LogP contribution in [-0.4, -0.2) is 43.9 Å². The van der Waals surface area contributed by atoms with Crippen molar-refractivity contribution in [3.05, 3.63) is 64.7 Å². The van der Waals surface area contributed by atoms with Crippen molar-refractivity contribution in [2.75, 3.05) is 13.1 Å². The van der Waals surface area contributed by atoms with Gasteiger partial charge in [0.15, 0.2) is 0 Å². The number of ether oxygens (including phenoxy) is 1. The van der Waals surface area contributed by atoms with Gasteiger partial charge in [0.25, 0.3) is 5.91 Å². The van der Waals surface area contributed by atoms with Crippen molar-refractivity contribution in [1.29, 1.82) is 0 Å². The molecule has 0 aliphatic carbocycles. The highest BCUT2D eigenvalue weighted by Crippen LogP contribution is 2.21. The van der Waals surface area contributed by atoms with Crippen molar-refractivity contribution < 1.29 is 17.9 Å². The molecule has 1 aliphatic rings. The molecule has 0 bridgehead atoms. The van der Waals surface area contributed by atoms with Crippen LogP contribution < -0.4 is 5.32 Å². The van der Waals surface area contributed by atoms with Gasteiger partial charge in [-0.25, -0.2) is 8.42 Å². The third kappa shape index (κ3) is 4.72. The molecule has 0 unspecified atom stereocenters. The number of benzene rings is 2. The third-order valence-electron chi connectivity index (χ3n) is 4.54. The van der Waals surface area contributed by atoms with Crippen LogP contribution in [0.5, 0.6) is 0 Å². The zero-order chi connectivity index (χ0) is 20.3. The molecule has 6 nitrogen and oxygen atoms in total. The molecule has 1 fully saturated rings. The Labute approximate surface area is 170 Å². The quantitative estimate of drug-likeness (QED) is 0.803. The minimum absolute atomic E-state index is 0.159. The Hall–Kier alpha value is -1.93. The molecule has 150 valence electrons. The van der Waals surface area contributed by atoms with Gasteiger partial charge in [-0.2, -0.15) is 4.31 Å². The molecule has 8 heteroatoms. The van der Waals surface area contributed by atoms with Gasteiger partial charge in [-0.15, -0.1) is 0 Å². The second kappa shape index (κ2) is 8.61. The molecular formula is C20H23ClN2O4S. The van der Waals surface area contributed by atoms with E-state index in [0.717, 1.165) is 5.56 Å². The van der Waals surface area contributed by atoms with Crippen molar-refractivity contribution in [2.24, 2.45) is 0 Å². The SMILES string of the molecule is C[C@@H]1CN(S(=O)(=O)c2ccc(C(=O)NCc3ccccc3Cl)cc2)C[C@H](C)O1. The molecule has 2 aromatic rings. The van der Waals surface area contributed by atoms with E-state index in [0.29, 0.717) is 30.2 Å². The van der Waals surface area contributed by atoms with Crippen molar-refractivity contribution >= 4 is 27.5 Å². The van der Waals surface area contributed by atoms with Crippen molar-refractivity contribution in [3.8, 4) is 0 Å². The Morgan fingerprint density at radius 1 is 1.11 bits per heavy atom. The number of nitrogens with one attached hydrogen (secondary N) is 1. The monoisotopic (exact) mass is 422 g/mol. The summed E-state index contributed by atoms with van der Waals surface area (Å²) in [6.45, 7) is 4.62. The van der Waals surface area contributed by atoms with Gasteiger partial charge in [-0.05, 0) is 49.7 Å². The van der Waals surface area contributed by atoms with Gasteiger partial charge < -0.3 is 10.1 Å². The average molecular weight is 423 g/mol. The summed E-state index contributed by atoms with van der Waals surface area (Å²) in [5.41, 5.74) is 1.20. The molecule has 2 atom stereocenters. The van der Waals surface area contributed by atoms with Gasteiger partial charge in [-0.1, -0.05) is 29.8 Å². The predicted octanol–water partition coefficient (Wildman–Crippen LogP) is 3.07. The van der Waals surface area contributed by atoms with E-state index in [-0.39, 0.29) is 23.0 Å². The van der Waals surface area contributed by atoms with Crippen molar-refractivity contribution in [3.63, 3.8) is 0 Å². The van der Waals surface area contributed by atoms with Crippen LogP contribution >= 0.6 is 11.6 Å². The lowest BCUT2D eigenvalue weighted by molar-refractivity contribution is -0.0440. The minimum atomic E-state index is -3.63. The van der Waals surface area contributed by atoms with Crippen LogP contribution in [0.25, 0.3) is 0 Å². The smallest absolute Gasteiger partial charge is 0.251 e. The van der Waals surface area contributed by atoms with Gasteiger partial charge in [-0.3, -0.25) is 4.79 Å². The van der Waals surface area contributed by atoms with Crippen LogP contribution in [0.4, 0.5) is 0 Å². The van der Waals surface area contributed by atoms with Crippen LogP contribution in [0.15, 0.2) is 53.4 Å². The Morgan fingerprint density at radius 3 is 2.32 bits per heavy atom. The summed E-state index contributed by atoms with van der Waals surface area (Å²) >= 11 is 6.09. The molecule has 0 radical (unpaired) electrons. The number of nitrogens with zero attached hydrogens (tertiary/aromatic N) is 1. The van der Waals surface area contributed by atoms with Crippen LogP contribution in [0.2, 0.25) is 5.02 Å². The van der Waals surface area contributed by atoms with Gasteiger partial charge in [0.2, 0.25) is 10.0 Å². The normalized spacial score (nSPS) is 20.7. The van der Waals surface area contributed by atoms with E-state index < -0.39 is 10.0 Å². The van der Waals surface area contributed by atoms with Crippen LogP contribution in [0.3, 0.4) is 0 Å². The first-order chi connectivity index (χ1) is 13.3. The van der Waals surface area contributed by atoms with Crippen LogP contribution in [0, 0.1) is 0 Å². The zero-order valence-electron chi connectivity index (χ0n) is 15.8. The van der Waals surface area contributed by atoms with Gasteiger partial charge >= 0.3 is 0 Å². The van der Waals surface area contributed by atoms with E-state index in [2.05, 4.69) is 5.32 Å². The highest BCUT2D eigenvalue weighted by Gasteiger charge is 2.32. The number of carbonyl (C=O) groups is 1. The van der Waals surface area contributed by atoms with Crippen molar-refractivity contribution in [1.82, 2.24) is 9.62 Å². The van der Waals surface area contributed by atoms with E-state index in [1.54, 1.807) is 6.07 Å². The first kappa shape index (κ1) is 20.8. The number of sulfonamides is 1. The molecule has 0 saturated carbocycles. The van der Waals surface area contributed by atoms with Crippen molar-refractivity contribution in [2.45, 2.75) is 37.5 Å². The Morgan fingerprint density at radius 2 is 1.71 bits per heavy atom. The molecule has 3 rings (SSSR count). The van der Waals surface area contributed by atoms with Crippen LogP contribution in [-0.2, 0) is 21.3 Å². The molecular weight excluding hydrogens is 400 g/mol. The maximum Gasteiger partial charge on any atom is 0.251 e. The Bertz CT molecular complexity index is 937. The topological polar surface area (TPSA) is 75.7 Å². The number of morpholine rings is 1. The fraction of sp³-hybridized carbons (Fsp3) is 0.350. The highest BCUT2D eigenvalue weighted by atomic mass is 35.5. The van der Waals surface area contributed by atoms with E-state index in [1.165, 1.54) is 28.6 Å². The van der Waals surface area contributed by atoms with Gasteiger partial charge in [0.1, 0.15) is 0 Å². The summed E-state index contributed by atoms with van der Waals surface area (Å²) in [7, 11) is -3.63. The van der Waals surface area contributed by atoms with E-state index in [4.69, 9.17) is 16.3 Å². The molecule has 1 heterocycles. The van der Waals surface area contributed by atoms with Crippen LogP contribution in [0.1, 0.15) is 29.8 Å². The maximum atomic E-state index is 12.9.